The number of nitrogens with one attached hydrogen (secondary N) is 3. The van der Waals surface area contributed by atoms with Gasteiger partial charge in [-0.25, -0.2) is 9.97 Å². The van der Waals surface area contributed by atoms with E-state index in [4.69, 9.17) is 16.3 Å². The fourth-order valence-corrected chi connectivity index (χ4v) is 3.93. The molecule has 2 amide bonds. The zero-order chi connectivity index (χ0) is 28.2. The molecule has 202 valence electrons. The van der Waals surface area contributed by atoms with Gasteiger partial charge in [-0.1, -0.05) is 17.7 Å². The number of hydrogen-bond donors (Lipinski definition) is 4. The van der Waals surface area contributed by atoms with E-state index in [1.165, 1.54) is 0 Å². The average molecular weight is 549 g/mol. The molecule has 0 spiro atoms. The van der Waals surface area contributed by atoms with Crippen molar-refractivity contribution < 1.29 is 19.4 Å². The molecule has 39 heavy (non-hydrogen) atoms. The fourth-order valence-electron chi connectivity index (χ4n) is 3.73. The van der Waals surface area contributed by atoms with Crippen molar-refractivity contribution in [3.63, 3.8) is 0 Å². The average Bonchev–Trinajstić information content (AvgIpc) is 2.95. The van der Waals surface area contributed by atoms with Crippen molar-refractivity contribution in [3.8, 4) is 17.1 Å². The van der Waals surface area contributed by atoms with Crippen molar-refractivity contribution in [2.45, 2.75) is 20.4 Å². The molecular weight excluding hydrogens is 520 g/mol. The van der Waals surface area contributed by atoms with Crippen LogP contribution in [0.5, 0.6) is 5.75 Å². The van der Waals surface area contributed by atoms with Gasteiger partial charge in [0, 0.05) is 36.4 Å². The maximum Gasteiger partial charge on any atom is 0.257 e. The molecule has 0 saturated heterocycles. The fraction of sp³-hybridized carbons (Fsp3) is 0.250. The highest BCUT2D eigenvalue weighted by molar-refractivity contribution is 6.34. The molecule has 0 bridgehead atoms. The maximum absolute atomic E-state index is 13.2. The lowest BCUT2D eigenvalue weighted by molar-refractivity contribution is -0.131. The van der Waals surface area contributed by atoms with Gasteiger partial charge >= 0.3 is 0 Å². The summed E-state index contributed by atoms with van der Waals surface area (Å²) in [7, 11) is 3.33. The van der Waals surface area contributed by atoms with E-state index in [2.05, 4.69) is 30.9 Å². The van der Waals surface area contributed by atoms with Gasteiger partial charge in [0.25, 0.3) is 5.91 Å². The van der Waals surface area contributed by atoms with E-state index >= 15 is 0 Å². The summed E-state index contributed by atoms with van der Waals surface area (Å²) in [5.74, 6) is 0.943. The SMILES string of the molecule is CNc1nc(-c2cncc(OC)c2)nc2cc(NC(=O)c3cc(CNC(=O)C(C)(C)CO)ccc3Cl)ccc12. The zero-order valence-electron chi connectivity index (χ0n) is 22.0. The summed E-state index contributed by atoms with van der Waals surface area (Å²) in [6, 6.07) is 12.1. The number of methoxy groups -OCH3 is 1. The van der Waals surface area contributed by atoms with Crippen molar-refractivity contribution in [1.29, 1.82) is 0 Å². The Kier molecular flexibility index (Phi) is 8.27. The predicted octanol–water partition coefficient (Wildman–Crippen LogP) is 4.28. The molecule has 4 rings (SSSR count). The summed E-state index contributed by atoms with van der Waals surface area (Å²) < 4.78 is 5.27. The molecule has 0 aliphatic rings. The minimum Gasteiger partial charge on any atom is -0.495 e. The van der Waals surface area contributed by atoms with Gasteiger partial charge in [0.15, 0.2) is 5.82 Å². The van der Waals surface area contributed by atoms with Gasteiger partial charge in [-0.2, -0.15) is 0 Å². The number of ether oxygens (including phenoxy) is 1. The summed E-state index contributed by atoms with van der Waals surface area (Å²) in [5, 5.41) is 19.2. The van der Waals surface area contributed by atoms with Crippen LogP contribution < -0.4 is 20.7 Å². The first-order chi connectivity index (χ1) is 18.6. The van der Waals surface area contributed by atoms with Crippen LogP contribution in [0.2, 0.25) is 5.02 Å². The van der Waals surface area contributed by atoms with Crippen LogP contribution in [0, 0.1) is 5.41 Å². The monoisotopic (exact) mass is 548 g/mol. The molecule has 0 aliphatic carbocycles. The van der Waals surface area contributed by atoms with Crippen LogP contribution >= 0.6 is 11.6 Å². The molecule has 4 aromatic rings. The number of anilines is 2. The van der Waals surface area contributed by atoms with Crippen LogP contribution in [0.3, 0.4) is 0 Å². The van der Waals surface area contributed by atoms with Gasteiger partial charge in [0.2, 0.25) is 5.91 Å². The molecule has 0 radical (unpaired) electrons. The molecule has 0 aliphatic heterocycles. The molecule has 0 saturated carbocycles. The van der Waals surface area contributed by atoms with E-state index in [0.717, 1.165) is 5.39 Å². The number of rotatable bonds is 9. The normalized spacial score (nSPS) is 11.2. The summed E-state index contributed by atoms with van der Waals surface area (Å²) in [6.45, 7) is 3.19. The van der Waals surface area contributed by atoms with E-state index in [-0.39, 0.29) is 29.6 Å². The lowest BCUT2D eigenvalue weighted by atomic mass is 9.93. The number of halogens is 1. The van der Waals surface area contributed by atoms with Gasteiger partial charge in [-0.05, 0) is 55.8 Å². The van der Waals surface area contributed by atoms with E-state index in [1.807, 2.05) is 6.07 Å². The molecule has 2 heterocycles. The van der Waals surface area contributed by atoms with Crippen molar-refractivity contribution in [2.24, 2.45) is 5.41 Å². The lowest BCUT2D eigenvalue weighted by Gasteiger charge is -2.20. The molecular formula is C28H29ClN6O4. The molecule has 2 aromatic carbocycles. The first-order valence-electron chi connectivity index (χ1n) is 12.1. The Morgan fingerprint density at radius 1 is 1.08 bits per heavy atom. The Balaban J connectivity index is 1.59. The highest BCUT2D eigenvalue weighted by Crippen LogP contribution is 2.28. The minimum atomic E-state index is -0.914. The number of aliphatic hydroxyl groups excluding tert-OH is 1. The topological polar surface area (TPSA) is 138 Å². The van der Waals surface area contributed by atoms with Crippen LogP contribution in [0.25, 0.3) is 22.3 Å². The van der Waals surface area contributed by atoms with Crippen LogP contribution in [-0.2, 0) is 11.3 Å². The molecule has 0 atom stereocenters. The third-order valence-electron chi connectivity index (χ3n) is 6.14. The van der Waals surface area contributed by atoms with E-state index < -0.39 is 11.3 Å². The number of carbonyl (C=O) groups is 2. The number of benzene rings is 2. The maximum atomic E-state index is 13.2. The minimum absolute atomic E-state index is 0.182. The number of pyridine rings is 1. The van der Waals surface area contributed by atoms with Gasteiger partial charge < -0.3 is 25.8 Å². The Hall–Kier alpha value is -4.28. The molecule has 4 N–H and O–H groups in total. The third-order valence-corrected chi connectivity index (χ3v) is 6.47. The van der Waals surface area contributed by atoms with E-state index in [9.17, 15) is 14.7 Å². The number of carbonyl (C=O) groups excluding carboxylic acids is 2. The van der Waals surface area contributed by atoms with Crippen LogP contribution in [0.4, 0.5) is 11.5 Å². The van der Waals surface area contributed by atoms with Crippen molar-refractivity contribution in [3.05, 3.63) is 71.0 Å². The summed E-state index contributed by atoms with van der Waals surface area (Å²) >= 11 is 6.34. The van der Waals surface area contributed by atoms with Crippen molar-refractivity contribution in [1.82, 2.24) is 20.3 Å². The number of aromatic nitrogens is 3. The number of amides is 2. The van der Waals surface area contributed by atoms with Crippen molar-refractivity contribution >= 4 is 45.8 Å². The zero-order valence-corrected chi connectivity index (χ0v) is 22.8. The van der Waals surface area contributed by atoms with Gasteiger partial charge in [-0.3, -0.25) is 14.6 Å². The van der Waals surface area contributed by atoms with Gasteiger partial charge in [-0.15, -0.1) is 0 Å². The number of nitrogens with zero attached hydrogens (tertiary/aromatic N) is 3. The lowest BCUT2D eigenvalue weighted by Crippen LogP contribution is -2.38. The quantitative estimate of drug-likeness (QED) is 0.243. The highest BCUT2D eigenvalue weighted by Gasteiger charge is 2.26. The first-order valence-corrected chi connectivity index (χ1v) is 12.5. The van der Waals surface area contributed by atoms with E-state index in [1.54, 1.807) is 76.8 Å². The molecule has 2 aromatic heterocycles. The second-order valence-electron chi connectivity index (χ2n) is 9.48. The number of aliphatic hydroxyl groups is 1. The molecule has 10 nitrogen and oxygen atoms in total. The molecule has 11 heteroatoms. The molecule has 0 unspecified atom stereocenters. The summed E-state index contributed by atoms with van der Waals surface area (Å²) in [5.41, 5.74) is 1.84. The molecule has 0 fully saturated rings. The Morgan fingerprint density at radius 2 is 1.87 bits per heavy atom. The second-order valence-corrected chi connectivity index (χ2v) is 9.89. The Bertz CT molecular complexity index is 1540. The number of fused-ring (bicyclic) bond motifs is 1. The summed E-state index contributed by atoms with van der Waals surface area (Å²) in [4.78, 5) is 38.9. The smallest absolute Gasteiger partial charge is 0.257 e. The Morgan fingerprint density at radius 3 is 2.59 bits per heavy atom. The van der Waals surface area contributed by atoms with Gasteiger partial charge in [0.05, 0.1) is 41.4 Å². The summed E-state index contributed by atoms with van der Waals surface area (Å²) in [6.07, 6.45) is 3.25. The van der Waals surface area contributed by atoms with Crippen molar-refractivity contribution in [2.75, 3.05) is 31.4 Å². The van der Waals surface area contributed by atoms with Crippen LogP contribution in [0.15, 0.2) is 54.9 Å². The Labute approximate surface area is 230 Å². The predicted molar refractivity (Wildman–Crippen MR) is 151 cm³/mol. The highest BCUT2D eigenvalue weighted by atomic mass is 35.5. The standard InChI is InChI=1S/C28H29ClN6O4/c1-28(2,15-36)27(38)32-12-16-5-8-22(29)21(9-16)26(37)33-18-6-7-20-23(11-18)34-24(35-25(20)30-3)17-10-19(39-4)14-31-13-17/h5-11,13-14,36H,12,15H2,1-4H3,(H,32,38)(H,33,37)(H,30,34,35). The van der Waals surface area contributed by atoms with Gasteiger partial charge in [0.1, 0.15) is 11.6 Å². The second kappa shape index (κ2) is 11.6. The van der Waals surface area contributed by atoms with Crippen LogP contribution in [0.1, 0.15) is 29.8 Å². The largest absolute Gasteiger partial charge is 0.495 e. The first kappa shape index (κ1) is 27.7. The number of hydrogen-bond acceptors (Lipinski definition) is 8. The third kappa shape index (κ3) is 6.24. The van der Waals surface area contributed by atoms with E-state index in [0.29, 0.717) is 39.7 Å². The van der Waals surface area contributed by atoms with Crippen LogP contribution in [-0.4, -0.2) is 52.6 Å².